The van der Waals surface area contributed by atoms with E-state index in [4.69, 9.17) is 4.74 Å². The fourth-order valence-corrected chi connectivity index (χ4v) is 9.93. The highest BCUT2D eigenvalue weighted by molar-refractivity contribution is 5.81. The second kappa shape index (κ2) is 7.04. The van der Waals surface area contributed by atoms with E-state index in [1.807, 2.05) is 6.92 Å². The van der Waals surface area contributed by atoms with Gasteiger partial charge in [0.25, 0.3) is 0 Å². The Bertz CT molecular complexity index is 825. The maximum absolute atomic E-state index is 12.4. The maximum Gasteiger partial charge on any atom is 0.305 e. The zero-order valence-corrected chi connectivity index (χ0v) is 20.5. The van der Waals surface area contributed by atoms with Crippen molar-refractivity contribution in [1.29, 1.82) is 0 Å². The zero-order valence-electron chi connectivity index (χ0n) is 20.5. The monoisotopic (exact) mass is 446 g/mol. The Morgan fingerprint density at radius 2 is 1.84 bits per heavy atom. The van der Waals surface area contributed by atoms with Crippen molar-refractivity contribution in [3.05, 3.63) is 0 Å². The summed E-state index contributed by atoms with van der Waals surface area (Å²) in [5.74, 6) is 2.45. The summed E-state index contributed by atoms with van der Waals surface area (Å²) in [5.41, 5.74) is -2.16. The van der Waals surface area contributed by atoms with Crippen LogP contribution in [0.25, 0.3) is 0 Å². The van der Waals surface area contributed by atoms with Crippen LogP contribution in [-0.4, -0.2) is 39.8 Å². The van der Waals surface area contributed by atoms with Crippen LogP contribution in [0.3, 0.4) is 0 Å². The Hall–Kier alpha value is -0.940. The van der Waals surface area contributed by atoms with Crippen LogP contribution in [0.1, 0.15) is 86.0 Å². The number of esters is 1. The Kier molecular flexibility index (Phi) is 5.02. The van der Waals surface area contributed by atoms with Gasteiger partial charge >= 0.3 is 5.97 Å². The summed E-state index contributed by atoms with van der Waals surface area (Å²) in [5, 5.41) is 24.1. The van der Waals surface area contributed by atoms with Gasteiger partial charge in [-0.15, -0.1) is 0 Å². The first kappa shape index (κ1) is 22.8. The molecule has 5 rings (SSSR count). The number of carbonyl (C=O) groups is 2. The van der Waals surface area contributed by atoms with Crippen LogP contribution in [0.15, 0.2) is 0 Å². The lowest BCUT2D eigenvalue weighted by Crippen LogP contribution is -2.69. The molecule has 0 heterocycles. The first-order valence-corrected chi connectivity index (χ1v) is 13.1. The van der Waals surface area contributed by atoms with Crippen LogP contribution in [0, 0.1) is 52.3 Å². The van der Waals surface area contributed by atoms with Gasteiger partial charge in [0, 0.05) is 24.7 Å². The minimum Gasteiger partial charge on any atom is -0.466 e. The van der Waals surface area contributed by atoms with Gasteiger partial charge < -0.3 is 14.9 Å². The van der Waals surface area contributed by atoms with E-state index in [0.717, 1.165) is 25.7 Å². The topological polar surface area (TPSA) is 83.8 Å². The third-order valence-corrected chi connectivity index (χ3v) is 11.9. The van der Waals surface area contributed by atoms with Crippen LogP contribution in [0.2, 0.25) is 0 Å². The minimum absolute atomic E-state index is 0.0609. The van der Waals surface area contributed by atoms with E-state index in [-0.39, 0.29) is 40.8 Å². The molecule has 0 bridgehead atoms. The van der Waals surface area contributed by atoms with Gasteiger partial charge in [-0.3, -0.25) is 9.59 Å². The molecular weight excluding hydrogens is 404 g/mol. The predicted octanol–water partition coefficient (Wildman–Crippen LogP) is 4.14. The van der Waals surface area contributed by atoms with Crippen molar-refractivity contribution in [1.82, 2.24) is 0 Å². The van der Waals surface area contributed by atoms with Gasteiger partial charge in [-0.05, 0) is 85.9 Å². The molecule has 5 fully saturated rings. The van der Waals surface area contributed by atoms with Crippen molar-refractivity contribution in [2.75, 3.05) is 6.61 Å². The average Bonchev–Trinajstić information content (AvgIpc) is 3.50. The number of rotatable bonds is 4. The first-order chi connectivity index (χ1) is 14.9. The van der Waals surface area contributed by atoms with Gasteiger partial charge in [0.05, 0.1) is 17.8 Å². The van der Waals surface area contributed by atoms with Gasteiger partial charge in [-0.25, -0.2) is 0 Å². The molecule has 5 aliphatic carbocycles. The third kappa shape index (κ3) is 2.64. The molecule has 0 aromatic carbocycles. The van der Waals surface area contributed by atoms with Crippen LogP contribution in [-0.2, 0) is 14.3 Å². The molecule has 180 valence electrons. The molecule has 5 heteroatoms. The van der Waals surface area contributed by atoms with Crippen LogP contribution < -0.4 is 0 Å². The number of carbonyl (C=O) groups excluding carboxylic acids is 2. The van der Waals surface area contributed by atoms with Crippen molar-refractivity contribution in [2.24, 2.45) is 52.3 Å². The molecule has 5 saturated carbocycles. The Labute approximate surface area is 192 Å². The Balaban J connectivity index is 1.48. The number of aliphatic hydroxyl groups is 2. The van der Waals surface area contributed by atoms with E-state index in [9.17, 15) is 19.8 Å². The zero-order chi connectivity index (χ0) is 23.3. The Morgan fingerprint density at radius 1 is 1.12 bits per heavy atom. The standard InChI is InChI=1S/C27H42O5/c1-6-32-21(29)9-12-26(30)20-13-18(20)23-22-15(2)16(3)27(31)14-17(28)7-10-24(27,4)19(22)8-11-25(23,26)5/h15-16,18-20,22-23,30-31H,6-14H2,1-5H3/t15?,16-,18?,19?,20?,22?,23?,24?,25?,26+,27?/m1/s1. The van der Waals surface area contributed by atoms with Gasteiger partial charge in [0.15, 0.2) is 0 Å². The second-order valence-electron chi connectivity index (χ2n) is 12.6. The lowest BCUT2D eigenvalue weighted by molar-refractivity contribution is -0.256. The molecule has 0 aromatic rings. The van der Waals surface area contributed by atoms with Crippen LogP contribution >= 0.6 is 0 Å². The molecule has 0 saturated heterocycles. The predicted molar refractivity (Wildman–Crippen MR) is 120 cm³/mol. The van der Waals surface area contributed by atoms with Crippen molar-refractivity contribution in [3.63, 3.8) is 0 Å². The van der Waals surface area contributed by atoms with Gasteiger partial charge in [0.2, 0.25) is 0 Å². The molecule has 9 unspecified atom stereocenters. The van der Waals surface area contributed by atoms with Gasteiger partial charge in [-0.1, -0.05) is 27.7 Å². The van der Waals surface area contributed by atoms with E-state index in [1.54, 1.807) is 0 Å². The van der Waals surface area contributed by atoms with E-state index in [1.165, 1.54) is 0 Å². The van der Waals surface area contributed by atoms with Crippen molar-refractivity contribution < 1.29 is 24.5 Å². The van der Waals surface area contributed by atoms with Crippen LogP contribution in [0.4, 0.5) is 0 Å². The lowest BCUT2D eigenvalue weighted by atomic mass is 9.38. The fourth-order valence-electron chi connectivity index (χ4n) is 9.93. The SMILES string of the molecule is CCOC(=O)CC[C@]1(O)C2CC2C2C3C(C)[C@@H](C)C4(O)CC(=O)CCC4(C)C3CCC21C. The number of Topliss-reactive ketones (excluding diaryl/α,β-unsaturated/α-hetero) is 1. The van der Waals surface area contributed by atoms with Crippen molar-refractivity contribution >= 4 is 11.8 Å². The molecule has 32 heavy (non-hydrogen) atoms. The maximum atomic E-state index is 12.4. The molecule has 11 atom stereocenters. The summed E-state index contributed by atoms with van der Waals surface area (Å²) in [7, 11) is 0. The highest BCUT2D eigenvalue weighted by Crippen LogP contribution is 2.79. The van der Waals surface area contributed by atoms with Gasteiger partial charge in [0.1, 0.15) is 5.78 Å². The number of hydrogen-bond donors (Lipinski definition) is 2. The first-order valence-electron chi connectivity index (χ1n) is 13.1. The highest BCUT2D eigenvalue weighted by Gasteiger charge is 2.78. The van der Waals surface area contributed by atoms with Crippen molar-refractivity contribution in [3.8, 4) is 0 Å². The van der Waals surface area contributed by atoms with E-state index < -0.39 is 11.2 Å². The highest BCUT2D eigenvalue weighted by atomic mass is 16.5. The fraction of sp³-hybridized carbons (Fsp3) is 0.926. The van der Waals surface area contributed by atoms with Crippen molar-refractivity contribution in [2.45, 2.75) is 97.2 Å². The molecule has 5 nitrogen and oxygen atoms in total. The smallest absolute Gasteiger partial charge is 0.305 e. The molecule has 0 radical (unpaired) electrons. The summed E-state index contributed by atoms with van der Waals surface area (Å²) in [6.07, 6.45) is 5.44. The molecular formula is C27H42O5. The summed E-state index contributed by atoms with van der Waals surface area (Å²) < 4.78 is 5.17. The average molecular weight is 447 g/mol. The minimum atomic E-state index is -0.918. The number of ether oxygens (including phenoxy) is 1. The normalized spacial score (nSPS) is 56.0. The molecule has 2 N–H and O–H groups in total. The summed E-state index contributed by atoms with van der Waals surface area (Å²) in [6.45, 7) is 11.2. The van der Waals surface area contributed by atoms with Gasteiger partial charge in [-0.2, -0.15) is 0 Å². The molecule has 0 aliphatic heterocycles. The molecule has 0 spiro atoms. The lowest BCUT2D eigenvalue weighted by Gasteiger charge is -2.68. The van der Waals surface area contributed by atoms with Crippen LogP contribution in [0.5, 0.6) is 0 Å². The number of hydrogen-bond acceptors (Lipinski definition) is 5. The molecule has 0 amide bonds. The van der Waals surface area contributed by atoms with E-state index in [0.29, 0.717) is 55.5 Å². The van der Waals surface area contributed by atoms with E-state index in [2.05, 4.69) is 27.7 Å². The summed E-state index contributed by atoms with van der Waals surface area (Å²) >= 11 is 0. The number of ketones is 1. The Morgan fingerprint density at radius 3 is 2.53 bits per heavy atom. The summed E-state index contributed by atoms with van der Waals surface area (Å²) in [6, 6.07) is 0. The largest absolute Gasteiger partial charge is 0.466 e. The quantitative estimate of drug-likeness (QED) is 0.634. The molecule has 0 aromatic heterocycles. The third-order valence-electron chi connectivity index (χ3n) is 11.9. The van der Waals surface area contributed by atoms with E-state index >= 15 is 0 Å². The summed E-state index contributed by atoms with van der Waals surface area (Å²) in [4.78, 5) is 24.5. The number of fused-ring (bicyclic) bond motifs is 7. The second-order valence-corrected chi connectivity index (χ2v) is 12.6. The molecule has 5 aliphatic rings.